The number of halogens is 3. The minimum absolute atomic E-state index is 0.0247. The number of amides is 1. The number of anilines is 1. The van der Waals surface area contributed by atoms with E-state index in [1.165, 1.54) is 0 Å². The maximum Gasteiger partial charge on any atom is 0.416 e. The van der Waals surface area contributed by atoms with E-state index in [2.05, 4.69) is 16.0 Å². The van der Waals surface area contributed by atoms with Gasteiger partial charge in [-0.05, 0) is 38.4 Å². The lowest BCUT2D eigenvalue weighted by molar-refractivity contribution is -0.384. The third-order valence-corrected chi connectivity index (χ3v) is 4.30. The van der Waals surface area contributed by atoms with Crippen LogP contribution in [0.1, 0.15) is 31.7 Å². The Hall–Kier alpha value is -2.36. The topological polar surface area (TPSA) is 96.3 Å². The van der Waals surface area contributed by atoms with Crippen molar-refractivity contribution in [3.05, 3.63) is 33.9 Å². The molecule has 0 spiro atoms. The summed E-state index contributed by atoms with van der Waals surface area (Å²) in [4.78, 5) is 22.1. The number of nitro groups is 1. The second-order valence-electron chi connectivity index (χ2n) is 6.22. The van der Waals surface area contributed by atoms with Crippen LogP contribution in [0.3, 0.4) is 0 Å². The molecule has 10 heteroatoms. The Morgan fingerprint density at radius 2 is 2.15 bits per heavy atom. The van der Waals surface area contributed by atoms with Crippen LogP contribution in [0, 0.1) is 10.1 Å². The molecule has 2 atom stereocenters. The predicted octanol–water partition coefficient (Wildman–Crippen LogP) is 2.67. The largest absolute Gasteiger partial charge is 0.416 e. The van der Waals surface area contributed by atoms with Crippen LogP contribution in [-0.2, 0) is 11.0 Å². The number of alkyl halides is 3. The molecule has 1 aliphatic heterocycles. The zero-order valence-corrected chi connectivity index (χ0v) is 14.2. The molecule has 7 nitrogen and oxygen atoms in total. The standard InChI is InChI=1S/C16H21F3N4O3/c1-10-12(3-2-7-20-10)22-15(24)6-8-21-13-5-4-11(16(17,18)19)9-14(13)23(25)26/h4-5,9-10,12,20-21H,2-3,6-8H2,1H3,(H,22,24). The number of piperidine rings is 1. The van der Waals surface area contributed by atoms with Crippen LogP contribution in [0.15, 0.2) is 18.2 Å². The Bertz CT molecular complexity index is 667. The van der Waals surface area contributed by atoms with E-state index in [0.717, 1.165) is 31.5 Å². The second kappa shape index (κ2) is 8.35. The number of rotatable bonds is 6. The van der Waals surface area contributed by atoms with Crippen LogP contribution >= 0.6 is 0 Å². The van der Waals surface area contributed by atoms with Crippen molar-refractivity contribution in [3.63, 3.8) is 0 Å². The fourth-order valence-corrected chi connectivity index (χ4v) is 2.84. The summed E-state index contributed by atoms with van der Waals surface area (Å²) in [5.41, 5.74) is -1.82. The highest BCUT2D eigenvalue weighted by atomic mass is 19.4. The molecule has 0 aromatic heterocycles. The number of carbonyl (C=O) groups is 1. The molecule has 26 heavy (non-hydrogen) atoms. The zero-order chi connectivity index (χ0) is 19.3. The molecule has 1 aliphatic rings. The van der Waals surface area contributed by atoms with Gasteiger partial charge in [-0.1, -0.05) is 0 Å². The summed E-state index contributed by atoms with van der Waals surface area (Å²) >= 11 is 0. The first kappa shape index (κ1) is 20.0. The first-order valence-corrected chi connectivity index (χ1v) is 8.30. The molecule has 1 fully saturated rings. The smallest absolute Gasteiger partial charge is 0.379 e. The van der Waals surface area contributed by atoms with Crippen molar-refractivity contribution in [1.82, 2.24) is 10.6 Å². The molecule has 1 saturated heterocycles. The molecule has 3 N–H and O–H groups in total. The van der Waals surface area contributed by atoms with E-state index in [1.54, 1.807) is 0 Å². The van der Waals surface area contributed by atoms with Gasteiger partial charge >= 0.3 is 6.18 Å². The van der Waals surface area contributed by atoms with Gasteiger partial charge in [-0.3, -0.25) is 14.9 Å². The third-order valence-electron chi connectivity index (χ3n) is 4.30. The van der Waals surface area contributed by atoms with Gasteiger partial charge in [0.1, 0.15) is 5.69 Å². The van der Waals surface area contributed by atoms with Crippen molar-refractivity contribution in [2.75, 3.05) is 18.4 Å². The molecular formula is C16H21F3N4O3. The van der Waals surface area contributed by atoms with E-state index in [9.17, 15) is 28.1 Å². The van der Waals surface area contributed by atoms with Gasteiger partial charge in [0, 0.05) is 31.1 Å². The highest BCUT2D eigenvalue weighted by molar-refractivity contribution is 5.77. The number of hydrogen-bond donors (Lipinski definition) is 3. The van der Waals surface area contributed by atoms with E-state index >= 15 is 0 Å². The Labute approximate surface area is 148 Å². The summed E-state index contributed by atoms with van der Waals surface area (Å²) in [6.45, 7) is 2.97. The SMILES string of the molecule is CC1NCCCC1NC(=O)CCNc1ccc(C(F)(F)F)cc1[N+](=O)[O-]. The van der Waals surface area contributed by atoms with Gasteiger partial charge in [0.15, 0.2) is 0 Å². The molecule has 1 aromatic carbocycles. The van der Waals surface area contributed by atoms with Gasteiger partial charge in [-0.25, -0.2) is 0 Å². The van der Waals surface area contributed by atoms with Gasteiger partial charge in [0.05, 0.1) is 10.5 Å². The number of benzene rings is 1. The minimum atomic E-state index is -4.66. The number of nitrogens with one attached hydrogen (secondary N) is 3. The van der Waals surface area contributed by atoms with Crippen LogP contribution < -0.4 is 16.0 Å². The molecule has 1 heterocycles. The fourth-order valence-electron chi connectivity index (χ4n) is 2.84. The normalized spacial score (nSPS) is 20.5. The Morgan fingerprint density at radius 3 is 2.77 bits per heavy atom. The Balaban J connectivity index is 1.92. The molecule has 144 valence electrons. The number of carbonyl (C=O) groups excluding carboxylic acids is 1. The van der Waals surface area contributed by atoms with E-state index in [-0.39, 0.29) is 36.6 Å². The number of hydrogen-bond acceptors (Lipinski definition) is 5. The highest BCUT2D eigenvalue weighted by Crippen LogP contribution is 2.34. The van der Waals surface area contributed by atoms with Crippen molar-refractivity contribution in [3.8, 4) is 0 Å². The average molecular weight is 374 g/mol. The first-order valence-electron chi connectivity index (χ1n) is 8.30. The van der Waals surface area contributed by atoms with Crippen LogP contribution in [0.5, 0.6) is 0 Å². The average Bonchev–Trinajstić information content (AvgIpc) is 2.56. The Morgan fingerprint density at radius 1 is 1.42 bits per heavy atom. The molecule has 2 unspecified atom stereocenters. The monoisotopic (exact) mass is 374 g/mol. The fraction of sp³-hybridized carbons (Fsp3) is 0.562. The highest BCUT2D eigenvalue weighted by Gasteiger charge is 2.33. The van der Waals surface area contributed by atoms with Gasteiger partial charge in [-0.2, -0.15) is 13.2 Å². The summed E-state index contributed by atoms with van der Waals surface area (Å²) in [5, 5.41) is 19.8. The third kappa shape index (κ3) is 5.32. The lowest BCUT2D eigenvalue weighted by atomic mass is 10.00. The van der Waals surface area contributed by atoms with E-state index in [4.69, 9.17) is 0 Å². The van der Waals surface area contributed by atoms with Crippen molar-refractivity contribution >= 4 is 17.3 Å². The minimum Gasteiger partial charge on any atom is -0.379 e. The number of nitrogens with zero attached hydrogens (tertiary/aromatic N) is 1. The maximum atomic E-state index is 12.7. The second-order valence-corrected chi connectivity index (χ2v) is 6.22. The Kier molecular flexibility index (Phi) is 6.41. The van der Waals surface area contributed by atoms with Crippen molar-refractivity contribution in [2.24, 2.45) is 0 Å². The van der Waals surface area contributed by atoms with E-state index in [1.807, 2.05) is 6.92 Å². The van der Waals surface area contributed by atoms with Crippen molar-refractivity contribution in [1.29, 1.82) is 0 Å². The summed E-state index contributed by atoms with van der Waals surface area (Å²) < 4.78 is 38.0. The van der Waals surface area contributed by atoms with Gasteiger partial charge < -0.3 is 16.0 Å². The van der Waals surface area contributed by atoms with Crippen molar-refractivity contribution < 1.29 is 22.9 Å². The molecule has 1 aromatic rings. The molecule has 2 rings (SSSR count). The quantitative estimate of drug-likeness (QED) is 0.526. The number of nitro benzene ring substituents is 1. The lowest BCUT2D eigenvalue weighted by Gasteiger charge is -2.30. The maximum absolute atomic E-state index is 12.7. The lowest BCUT2D eigenvalue weighted by Crippen LogP contribution is -2.52. The van der Waals surface area contributed by atoms with Crippen LogP contribution in [-0.4, -0.2) is 36.0 Å². The van der Waals surface area contributed by atoms with Crippen LogP contribution in [0.2, 0.25) is 0 Å². The molecule has 0 aliphatic carbocycles. The molecule has 0 radical (unpaired) electrons. The molecular weight excluding hydrogens is 353 g/mol. The van der Waals surface area contributed by atoms with Crippen LogP contribution in [0.25, 0.3) is 0 Å². The van der Waals surface area contributed by atoms with Gasteiger partial charge in [0.25, 0.3) is 5.69 Å². The van der Waals surface area contributed by atoms with E-state index in [0.29, 0.717) is 6.07 Å². The van der Waals surface area contributed by atoms with Gasteiger partial charge in [0.2, 0.25) is 5.91 Å². The van der Waals surface area contributed by atoms with Crippen LogP contribution in [0.4, 0.5) is 24.5 Å². The molecule has 1 amide bonds. The predicted molar refractivity (Wildman–Crippen MR) is 89.8 cm³/mol. The zero-order valence-electron chi connectivity index (χ0n) is 14.2. The molecule has 0 saturated carbocycles. The first-order chi connectivity index (χ1) is 12.2. The van der Waals surface area contributed by atoms with Crippen molar-refractivity contribution in [2.45, 2.75) is 44.4 Å². The summed E-state index contributed by atoms with van der Waals surface area (Å²) in [5.74, 6) is -0.215. The summed E-state index contributed by atoms with van der Waals surface area (Å²) in [7, 11) is 0. The van der Waals surface area contributed by atoms with Gasteiger partial charge in [-0.15, -0.1) is 0 Å². The summed E-state index contributed by atoms with van der Waals surface area (Å²) in [6.07, 6.45) is -2.77. The molecule has 0 bridgehead atoms. The summed E-state index contributed by atoms with van der Waals surface area (Å²) in [6, 6.07) is 2.45. The van der Waals surface area contributed by atoms with E-state index < -0.39 is 22.4 Å².